The molecule has 2 fully saturated rings. The number of hydrogen-bond donors (Lipinski definition) is 1. The van der Waals surface area contributed by atoms with Gasteiger partial charge in [-0.1, -0.05) is 30.3 Å². The number of halogens is 1. The van der Waals surface area contributed by atoms with E-state index in [1.54, 1.807) is 0 Å². The molecule has 4 heteroatoms. The molecule has 2 heterocycles. The second-order valence-corrected chi connectivity index (χ2v) is 6.91. The molecular formula is C20H23FN2O. The zero-order valence-electron chi connectivity index (χ0n) is 13.7. The number of hydrogen-bond acceptors (Lipinski definition) is 3. The highest BCUT2D eigenvalue weighted by Gasteiger charge is 2.40. The van der Waals surface area contributed by atoms with Crippen molar-refractivity contribution in [2.45, 2.75) is 12.6 Å². The number of ether oxygens (including phenoxy) is 1. The molecule has 0 aromatic heterocycles. The number of anilines is 1. The third kappa shape index (κ3) is 3.45. The van der Waals surface area contributed by atoms with Gasteiger partial charge in [0.1, 0.15) is 5.82 Å². The number of nitrogens with zero attached hydrogens (tertiary/aromatic N) is 1. The predicted molar refractivity (Wildman–Crippen MR) is 93.3 cm³/mol. The minimum absolute atomic E-state index is 0.193. The van der Waals surface area contributed by atoms with Crippen molar-refractivity contribution >= 4 is 5.69 Å². The zero-order chi connectivity index (χ0) is 16.4. The molecule has 3 nitrogen and oxygen atoms in total. The summed E-state index contributed by atoms with van der Waals surface area (Å²) >= 11 is 0. The van der Waals surface area contributed by atoms with Crippen molar-refractivity contribution in [2.75, 3.05) is 31.6 Å². The van der Waals surface area contributed by atoms with Gasteiger partial charge in [-0.3, -0.25) is 4.90 Å². The third-order valence-electron chi connectivity index (χ3n) is 5.09. The van der Waals surface area contributed by atoms with E-state index < -0.39 is 0 Å². The summed E-state index contributed by atoms with van der Waals surface area (Å²) in [5.74, 6) is 0.735. The predicted octanol–water partition coefficient (Wildman–Crippen LogP) is 3.38. The van der Waals surface area contributed by atoms with E-state index in [4.69, 9.17) is 4.74 Å². The van der Waals surface area contributed by atoms with Crippen LogP contribution in [0.3, 0.4) is 0 Å². The van der Waals surface area contributed by atoms with Crippen molar-refractivity contribution in [3.63, 3.8) is 0 Å². The van der Waals surface area contributed by atoms with Gasteiger partial charge in [0.05, 0.1) is 13.2 Å². The van der Waals surface area contributed by atoms with Gasteiger partial charge in [-0.2, -0.15) is 0 Å². The van der Waals surface area contributed by atoms with Crippen LogP contribution in [0.2, 0.25) is 0 Å². The lowest BCUT2D eigenvalue weighted by atomic mass is 9.82. The van der Waals surface area contributed by atoms with Gasteiger partial charge in [0.25, 0.3) is 0 Å². The van der Waals surface area contributed by atoms with Crippen LogP contribution in [-0.2, 0) is 11.3 Å². The number of likely N-dealkylation sites (tertiary alicyclic amines) is 1. The normalized spacial score (nSPS) is 27.0. The number of nitrogens with one attached hydrogen (secondary N) is 1. The molecule has 126 valence electrons. The Morgan fingerprint density at radius 2 is 1.62 bits per heavy atom. The first-order valence-corrected chi connectivity index (χ1v) is 8.64. The van der Waals surface area contributed by atoms with E-state index in [2.05, 4.69) is 40.5 Å². The highest BCUT2D eigenvalue weighted by atomic mass is 19.1. The Morgan fingerprint density at radius 3 is 2.29 bits per heavy atom. The molecule has 0 aliphatic carbocycles. The van der Waals surface area contributed by atoms with Gasteiger partial charge in [0.2, 0.25) is 0 Å². The molecule has 0 spiro atoms. The van der Waals surface area contributed by atoms with Crippen LogP contribution in [0.25, 0.3) is 0 Å². The molecule has 2 aliphatic rings. The lowest BCUT2D eigenvalue weighted by molar-refractivity contribution is -0.0512. The SMILES string of the molecule is Fc1ccc(NC2C3COC[C@H]2CN(Cc2ccccc2)C3)cc1. The van der Waals surface area contributed by atoms with E-state index in [0.29, 0.717) is 17.9 Å². The molecule has 4 rings (SSSR count). The van der Waals surface area contributed by atoms with Crippen molar-refractivity contribution in [1.82, 2.24) is 4.90 Å². The second kappa shape index (κ2) is 6.91. The molecule has 2 aromatic rings. The molecule has 0 saturated carbocycles. The van der Waals surface area contributed by atoms with Gasteiger partial charge in [-0.25, -0.2) is 4.39 Å². The molecule has 0 radical (unpaired) electrons. The Bertz CT molecular complexity index is 647. The fraction of sp³-hybridized carbons (Fsp3) is 0.400. The van der Waals surface area contributed by atoms with E-state index >= 15 is 0 Å². The first-order valence-electron chi connectivity index (χ1n) is 8.64. The van der Waals surface area contributed by atoms with Gasteiger partial charge in [0, 0.05) is 43.2 Å². The van der Waals surface area contributed by atoms with Crippen molar-refractivity contribution in [2.24, 2.45) is 11.8 Å². The van der Waals surface area contributed by atoms with Crippen molar-refractivity contribution in [1.29, 1.82) is 0 Å². The Labute approximate surface area is 142 Å². The number of benzene rings is 2. The Morgan fingerprint density at radius 1 is 0.958 bits per heavy atom. The smallest absolute Gasteiger partial charge is 0.123 e. The third-order valence-corrected chi connectivity index (χ3v) is 5.09. The number of rotatable bonds is 4. The lowest BCUT2D eigenvalue weighted by Crippen LogP contribution is -2.57. The highest BCUT2D eigenvalue weighted by molar-refractivity contribution is 5.44. The van der Waals surface area contributed by atoms with Crippen LogP contribution < -0.4 is 5.32 Å². The summed E-state index contributed by atoms with van der Waals surface area (Å²) in [7, 11) is 0. The average Bonchev–Trinajstić information content (AvgIpc) is 2.58. The fourth-order valence-electron chi connectivity index (χ4n) is 3.98. The summed E-state index contributed by atoms with van der Waals surface area (Å²) < 4.78 is 18.9. The summed E-state index contributed by atoms with van der Waals surface area (Å²) in [6.45, 7) is 4.65. The first-order chi connectivity index (χ1) is 11.8. The summed E-state index contributed by atoms with van der Waals surface area (Å²) in [5, 5.41) is 3.62. The molecule has 2 saturated heterocycles. The van der Waals surface area contributed by atoms with Gasteiger partial charge < -0.3 is 10.1 Å². The topological polar surface area (TPSA) is 24.5 Å². The second-order valence-electron chi connectivity index (χ2n) is 6.91. The molecule has 2 bridgehead atoms. The molecule has 0 amide bonds. The summed E-state index contributed by atoms with van der Waals surface area (Å²) in [6, 6.07) is 17.7. The summed E-state index contributed by atoms with van der Waals surface area (Å²) in [4.78, 5) is 2.54. The number of fused-ring (bicyclic) bond motifs is 2. The van der Waals surface area contributed by atoms with E-state index in [1.807, 2.05) is 12.1 Å². The molecule has 1 N–H and O–H groups in total. The van der Waals surface area contributed by atoms with E-state index in [0.717, 1.165) is 38.5 Å². The Balaban J connectivity index is 1.44. The number of piperidine rings is 1. The maximum atomic E-state index is 13.1. The summed E-state index contributed by atoms with van der Waals surface area (Å²) in [6.07, 6.45) is 0. The standard InChI is InChI=1S/C20H23FN2O/c21-18-6-8-19(9-7-18)22-20-16-11-23(12-17(20)14-24-13-16)10-15-4-2-1-3-5-15/h1-9,16-17,20,22H,10-14H2/t16-,17?,20?/m1/s1. The largest absolute Gasteiger partial charge is 0.381 e. The average molecular weight is 326 g/mol. The van der Waals surface area contributed by atoms with Crippen LogP contribution in [0.15, 0.2) is 54.6 Å². The molecule has 2 aliphatic heterocycles. The molecule has 2 unspecified atom stereocenters. The van der Waals surface area contributed by atoms with Crippen LogP contribution in [-0.4, -0.2) is 37.2 Å². The molecular weight excluding hydrogens is 303 g/mol. The van der Waals surface area contributed by atoms with Gasteiger partial charge >= 0.3 is 0 Å². The summed E-state index contributed by atoms with van der Waals surface area (Å²) in [5.41, 5.74) is 2.36. The molecule has 24 heavy (non-hydrogen) atoms. The fourth-order valence-corrected chi connectivity index (χ4v) is 3.98. The van der Waals surface area contributed by atoms with Crippen molar-refractivity contribution < 1.29 is 9.13 Å². The van der Waals surface area contributed by atoms with E-state index in [9.17, 15) is 4.39 Å². The quantitative estimate of drug-likeness (QED) is 0.932. The maximum Gasteiger partial charge on any atom is 0.123 e. The van der Waals surface area contributed by atoms with Crippen molar-refractivity contribution in [3.8, 4) is 0 Å². The first kappa shape index (κ1) is 15.6. The van der Waals surface area contributed by atoms with E-state index in [1.165, 1.54) is 17.7 Å². The minimum atomic E-state index is -0.193. The van der Waals surface area contributed by atoms with Crippen LogP contribution >= 0.6 is 0 Å². The Kier molecular flexibility index (Phi) is 4.50. The van der Waals surface area contributed by atoms with Crippen LogP contribution in [0.4, 0.5) is 10.1 Å². The highest BCUT2D eigenvalue weighted by Crippen LogP contribution is 2.31. The van der Waals surface area contributed by atoms with E-state index in [-0.39, 0.29) is 5.82 Å². The lowest BCUT2D eigenvalue weighted by Gasteiger charge is -2.47. The van der Waals surface area contributed by atoms with Crippen LogP contribution in [0, 0.1) is 17.7 Å². The zero-order valence-corrected chi connectivity index (χ0v) is 13.7. The molecule has 3 atom stereocenters. The van der Waals surface area contributed by atoms with Gasteiger partial charge in [-0.05, 0) is 29.8 Å². The monoisotopic (exact) mass is 326 g/mol. The maximum absolute atomic E-state index is 13.1. The van der Waals surface area contributed by atoms with Gasteiger partial charge in [-0.15, -0.1) is 0 Å². The van der Waals surface area contributed by atoms with Crippen LogP contribution in [0.1, 0.15) is 5.56 Å². The van der Waals surface area contributed by atoms with Crippen LogP contribution in [0.5, 0.6) is 0 Å². The van der Waals surface area contributed by atoms with Crippen molar-refractivity contribution in [3.05, 3.63) is 66.0 Å². The minimum Gasteiger partial charge on any atom is -0.381 e. The Hall–Kier alpha value is -1.91. The van der Waals surface area contributed by atoms with Gasteiger partial charge in [0.15, 0.2) is 0 Å². The molecule has 2 aromatic carbocycles.